The highest BCUT2D eigenvalue weighted by molar-refractivity contribution is 9.10. The SMILES string of the molecule is CCCn1ncc(N(C)CCC(N)C(C)C)c(Br)c1=O. The molecule has 0 amide bonds. The molecule has 1 aromatic heterocycles. The van der Waals surface area contributed by atoms with Crippen molar-refractivity contribution in [3.63, 3.8) is 0 Å². The first kappa shape index (κ1) is 17.2. The molecule has 1 aromatic rings. The van der Waals surface area contributed by atoms with Crippen molar-refractivity contribution in [1.29, 1.82) is 0 Å². The maximum atomic E-state index is 12.1. The highest BCUT2D eigenvalue weighted by Crippen LogP contribution is 2.20. The van der Waals surface area contributed by atoms with E-state index in [0.29, 0.717) is 16.9 Å². The second-order valence-corrected chi connectivity index (χ2v) is 6.28. The van der Waals surface area contributed by atoms with Gasteiger partial charge in [-0.15, -0.1) is 0 Å². The lowest BCUT2D eigenvalue weighted by molar-refractivity contribution is 0.465. The predicted octanol–water partition coefficient (Wildman–Crippen LogP) is 2.23. The van der Waals surface area contributed by atoms with E-state index < -0.39 is 0 Å². The minimum atomic E-state index is -0.0793. The summed E-state index contributed by atoms with van der Waals surface area (Å²) in [6, 6.07) is 0.171. The van der Waals surface area contributed by atoms with Gasteiger partial charge in [0.25, 0.3) is 5.56 Å². The lowest BCUT2D eigenvalue weighted by Gasteiger charge is -2.23. The molecule has 6 heteroatoms. The number of aromatic nitrogens is 2. The molecule has 0 aliphatic carbocycles. The van der Waals surface area contributed by atoms with Crippen molar-refractivity contribution in [3.05, 3.63) is 21.0 Å². The van der Waals surface area contributed by atoms with Crippen LogP contribution in [0, 0.1) is 5.92 Å². The van der Waals surface area contributed by atoms with Crippen molar-refractivity contribution in [1.82, 2.24) is 9.78 Å². The molecule has 1 unspecified atom stereocenters. The molecular weight excluding hydrogens is 320 g/mol. The van der Waals surface area contributed by atoms with Gasteiger partial charge in [-0.3, -0.25) is 4.79 Å². The fourth-order valence-corrected chi connectivity index (χ4v) is 2.50. The Hall–Kier alpha value is -0.880. The summed E-state index contributed by atoms with van der Waals surface area (Å²) in [5.74, 6) is 0.461. The zero-order chi connectivity index (χ0) is 15.3. The second kappa shape index (κ2) is 7.78. The minimum absolute atomic E-state index is 0.0793. The van der Waals surface area contributed by atoms with Gasteiger partial charge in [0.05, 0.1) is 11.9 Å². The summed E-state index contributed by atoms with van der Waals surface area (Å²) in [5.41, 5.74) is 6.79. The van der Waals surface area contributed by atoms with Crippen molar-refractivity contribution in [2.75, 3.05) is 18.5 Å². The van der Waals surface area contributed by atoms with E-state index in [2.05, 4.69) is 34.9 Å². The average Bonchev–Trinajstić information content (AvgIpc) is 2.41. The van der Waals surface area contributed by atoms with Crippen LogP contribution in [0.2, 0.25) is 0 Å². The van der Waals surface area contributed by atoms with Crippen LogP contribution in [0.15, 0.2) is 15.5 Å². The second-order valence-electron chi connectivity index (χ2n) is 5.49. The first-order chi connectivity index (χ1) is 9.38. The Kier molecular flexibility index (Phi) is 6.68. The topological polar surface area (TPSA) is 64.2 Å². The van der Waals surface area contributed by atoms with Crippen molar-refractivity contribution >= 4 is 21.6 Å². The van der Waals surface area contributed by atoms with Gasteiger partial charge in [-0.25, -0.2) is 4.68 Å². The van der Waals surface area contributed by atoms with Crippen LogP contribution in [0.3, 0.4) is 0 Å². The lowest BCUT2D eigenvalue weighted by atomic mass is 10.0. The zero-order valence-electron chi connectivity index (χ0n) is 12.8. The number of aryl methyl sites for hydroxylation is 1. The molecule has 0 bridgehead atoms. The Morgan fingerprint density at radius 2 is 2.15 bits per heavy atom. The van der Waals surface area contributed by atoms with E-state index in [1.807, 2.05) is 18.9 Å². The number of hydrogen-bond donors (Lipinski definition) is 1. The molecule has 1 heterocycles. The van der Waals surface area contributed by atoms with E-state index in [9.17, 15) is 4.79 Å². The third-order valence-electron chi connectivity index (χ3n) is 3.47. The molecule has 1 rings (SSSR count). The molecule has 1 atom stereocenters. The van der Waals surface area contributed by atoms with E-state index in [4.69, 9.17) is 5.73 Å². The van der Waals surface area contributed by atoms with Crippen molar-refractivity contribution in [2.24, 2.45) is 11.7 Å². The van der Waals surface area contributed by atoms with Gasteiger partial charge in [0, 0.05) is 26.2 Å². The van der Waals surface area contributed by atoms with Gasteiger partial charge in [0.2, 0.25) is 0 Å². The van der Waals surface area contributed by atoms with Crippen LogP contribution < -0.4 is 16.2 Å². The summed E-state index contributed by atoms with van der Waals surface area (Å²) in [5, 5.41) is 4.21. The Bertz CT molecular complexity index is 487. The van der Waals surface area contributed by atoms with E-state index in [-0.39, 0.29) is 11.6 Å². The maximum Gasteiger partial charge on any atom is 0.283 e. The highest BCUT2D eigenvalue weighted by Gasteiger charge is 2.14. The van der Waals surface area contributed by atoms with Crippen LogP contribution in [-0.2, 0) is 6.54 Å². The molecule has 0 spiro atoms. The van der Waals surface area contributed by atoms with E-state index >= 15 is 0 Å². The van der Waals surface area contributed by atoms with Crippen molar-refractivity contribution in [2.45, 2.75) is 46.2 Å². The molecule has 0 saturated heterocycles. The van der Waals surface area contributed by atoms with Gasteiger partial charge in [0.15, 0.2) is 0 Å². The van der Waals surface area contributed by atoms with Gasteiger partial charge in [-0.1, -0.05) is 20.8 Å². The van der Waals surface area contributed by atoms with Crippen molar-refractivity contribution in [3.8, 4) is 0 Å². The zero-order valence-corrected chi connectivity index (χ0v) is 14.4. The largest absolute Gasteiger partial charge is 0.372 e. The molecular formula is C14H25BrN4O. The van der Waals surface area contributed by atoms with E-state index in [1.54, 1.807) is 6.20 Å². The van der Waals surface area contributed by atoms with Crippen LogP contribution >= 0.6 is 15.9 Å². The van der Waals surface area contributed by atoms with Gasteiger partial charge in [-0.2, -0.15) is 5.10 Å². The monoisotopic (exact) mass is 344 g/mol. The molecule has 0 aromatic carbocycles. The molecule has 20 heavy (non-hydrogen) atoms. The number of halogens is 1. The first-order valence-corrected chi connectivity index (χ1v) is 7.90. The van der Waals surface area contributed by atoms with Gasteiger partial charge in [0.1, 0.15) is 4.47 Å². The normalized spacial score (nSPS) is 12.8. The standard InChI is InChI=1S/C14H25BrN4O/c1-5-7-19-14(20)13(15)12(9-17-19)18(4)8-6-11(16)10(2)3/h9-11H,5-8,16H2,1-4H3. The number of nitrogens with zero attached hydrogens (tertiary/aromatic N) is 3. The van der Waals surface area contributed by atoms with Crippen molar-refractivity contribution < 1.29 is 0 Å². The maximum absolute atomic E-state index is 12.1. The number of hydrogen-bond acceptors (Lipinski definition) is 4. The van der Waals surface area contributed by atoms with E-state index in [0.717, 1.165) is 25.1 Å². The Morgan fingerprint density at radius 1 is 1.50 bits per heavy atom. The van der Waals surface area contributed by atoms with Gasteiger partial charge < -0.3 is 10.6 Å². The molecule has 0 radical (unpaired) electrons. The smallest absolute Gasteiger partial charge is 0.283 e. The fourth-order valence-electron chi connectivity index (χ4n) is 1.89. The fraction of sp³-hybridized carbons (Fsp3) is 0.714. The summed E-state index contributed by atoms with van der Waals surface area (Å²) >= 11 is 3.39. The number of rotatable bonds is 7. The molecule has 0 aliphatic rings. The predicted molar refractivity (Wildman–Crippen MR) is 87.2 cm³/mol. The number of anilines is 1. The first-order valence-electron chi connectivity index (χ1n) is 7.10. The average molecular weight is 345 g/mol. The summed E-state index contributed by atoms with van der Waals surface area (Å²) in [7, 11) is 1.96. The Morgan fingerprint density at radius 3 is 2.70 bits per heavy atom. The lowest BCUT2D eigenvalue weighted by Crippen LogP contribution is -2.33. The van der Waals surface area contributed by atoms with Crippen LogP contribution in [0.5, 0.6) is 0 Å². The minimum Gasteiger partial charge on any atom is -0.372 e. The summed E-state index contributed by atoms with van der Waals surface area (Å²) in [6.07, 6.45) is 3.51. The third-order valence-corrected chi connectivity index (χ3v) is 4.21. The quantitative estimate of drug-likeness (QED) is 0.823. The third kappa shape index (κ3) is 4.31. The highest BCUT2D eigenvalue weighted by atomic mass is 79.9. The van der Waals surface area contributed by atoms with Crippen LogP contribution in [0.1, 0.15) is 33.6 Å². The molecule has 0 aliphatic heterocycles. The summed E-state index contributed by atoms with van der Waals surface area (Å²) in [4.78, 5) is 14.2. The summed E-state index contributed by atoms with van der Waals surface area (Å²) < 4.78 is 2.06. The molecule has 5 nitrogen and oxygen atoms in total. The van der Waals surface area contributed by atoms with Crippen LogP contribution in [0.4, 0.5) is 5.69 Å². The van der Waals surface area contributed by atoms with Crippen LogP contribution in [0.25, 0.3) is 0 Å². The molecule has 2 N–H and O–H groups in total. The van der Waals surface area contributed by atoms with Gasteiger partial charge >= 0.3 is 0 Å². The van der Waals surface area contributed by atoms with E-state index in [1.165, 1.54) is 4.68 Å². The molecule has 114 valence electrons. The number of nitrogens with two attached hydrogens (primary N) is 1. The van der Waals surface area contributed by atoms with Crippen LogP contribution in [-0.4, -0.2) is 29.4 Å². The molecule has 0 saturated carbocycles. The molecule has 0 fully saturated rings. The van der Waals surface area contributed by atoms with Gasteiger partial charge in [-0.05, 0) is 34.7 Å². The Labute approximate surface area is 129 Å². The summed E-state index contributed by atoms with van der Waals surface area (Å²) in [6.45, 7) is 7.70. The Balaban J connectivity index is 2.81.